The molecule has 1 aromatic carbocycles. The molecule has 2 rings (SSSR count). The zero-order valence-electron chi connectivity index (χ0n) is 9.42. The summed E-state index contributed by atoms with van der Waals surface area (Å²) in [6, 6.07) is 6.42. The van der Waals surface area contributed by atoms with Gasteiger partial charge in [0.2, 0.25) is 0 Å². The molecule has 2 heteroatoms. The van der Waals surface area contributed by atoms with Gasteiger partial charge >= 0.3 is 0 Å². The van der Waals surface area contributed by atoms with Crippen molar-refractivity contribution >= 4 is 11.5 Å². The number of aryl methyl sites for hydroxylation is 2. The second kappa shape index (κ2) is 4.05. The number of ketones is 1. The van der Waals surface area contributed by atoms with Crippen molar-refractivity contribution in [2.45, 2.75) is 26.7 Å². The minimum Gasteiger partial charge on any atom is -0.364 e. The standard InChI is InChI=1S/C13H17NO/c1-10-5-6-12(8-11(10)2)14-7-3-4-13(15)9-14/h5-6,8H,3-4,7,9H2,1-2H3. The molecule has 0 radical (unpaired) electrons. The summed E-state index contributed by atoms with van der Waals surface area (Å²) in [5, 5.41) is 0. The predicted molar refractivity (Wildman–Crippen MR) is 62.4 cm³/mol. The van der Waals surface area contributed by atoms with E-state index in [9.17, 15) is 4.79 Å². The Hall–Kier alpha value is -1.31. The summed E-state index contributed by atoms with van der Waals surface area (Å²) in [6.07, 6.45) is 1.74. The highest BCUT2D eigenvalue weighted by Crippen LogP contribution is 2.21. The highest BCUT2D eigenvalue weighted by molar-refractivity contribution is 5.84. The van der Waals surface area contributed by atoms with Crippen molar-refractivity contribution in [1.29, 1.82) is 0 Å². The zero-order chi connectivity index (χ0) is 10.8. The Kier molecular flexibility index (Phi) is 2.76. The number of benzene rings is 1. The third-order valence-corrected chi connectivity index (χ3v) is 3.11. The summed E-state index contributed by atoms with van der Waals surface area (Å²) in [5.41, 5.74) is 3.79. The Bertz CT molecular complexity index is 384. The lowest BCUT2D eigenvalue weighted by Crippen LogP contribution is -2.35. The van der Waals surface area contributed by atoms with E-state index in [1.54, 1.807) is 0 Å². The molecular weight excluding hydrogens is 186 g/mol. The normalized spacial score (nSPS) is 16.9. The largest absolute Gasteiger partial charge is 0.364 e. The maximum atomic E-state index is 11.4. The second-order valence-corrected chi connectivity index (χ2v) is 4.33. The molecule has 0 atom stereocenters. The molecule has 0 aliphatic carbocycles. The first-order valence-corrected chi connectivity index (χ1v) is 5.51. The molecule has 2 nitrogen and oxygen atoms in total. The number of carbonyl (C=O) groups is 1. The van der Waals surface area contributed by atoms with Crippen molar-refractivity contribution in [3.8, 4) is 0 Å². The number of piperidine rings is 1. The van der Waals surface area contributed by atoms with E-state index in [1.807, 2.05) is 0 Å². The van der Waals surface area contributed by atoms with Crippen LogP contribution in [-0.4, -0.2) is 18.9 Å². The van der Waals surface area contributed by atoms with Crippen molar-refractivity contribution in [3.05, 3.63) is 29.3 Å². The van der Waals surface area contributed by atoms with Crippen molar-refractivity contribution in [2.75, 3.05) is 18.0 Å². The Morgan fingerprint density at radius 2 is 2.00 bits per heavy atom. The molecule has 1 aliphatic rings. The number of hydrogen-bond donors (Lipinski definition) is 0. The summed E-state index contributed by atoms with van der Waals surface area (Å²) in [4.78, 5) is 13.5. The highest BCUT2D eigenvalue weighted by atomic mass is 16.1. The lowest BCUT2D eigenvalue weighted by Gasteiger charge is -2.28. The quantitative estimate of drug-likeness (QED) is 0.699. The van der Waals surface area contributed by atoms with E-state index in [0.717, 1.165) is 19.4 Å². The van der Waals surface area contributed by atoms with Crippen molar-refractivity contribution in [1.82, 2.24) is 0 Å². The predicted octanol–water partition coefficient (Wildman–Crippen LogP) is 2.47. The minimum atomic E-state index is 0.361. The van der Waals surface area contributed by atoms with E-state index in [0.29, 0.717) is 12.3 Å². The van der Waals surface area contributed by atoms with Crippen LogP contribution in [0.25, 0.3) is 0 Å². The fraction of sp³-hybridized carbons (Fsp3) is 0.462. The highest BCUT2D eigenvalue weighted by Gasteiger charge is 2.16. The first kappa shape index (κ1) is 10.2. The molecule has 0 aromatic heterocycles. The van der Waals surface area contributed by atoms with Gasteiger partial charge in [-0.2, -0.15) is 0 Å². The molecule has 0 bridgehead atoms. The molecule has 0 amide bonds. The Morgan fingerprint density at radius 3 is 2.67 bits per heavy atom. The van der Waals surface area contributed by atoms with Gasteiger partial charge in [-0.15, -0.1) is 0 Å². The third-order valence-electron chi connectivity index (χ3n) is 3.11. The monoisotopic (exact) mass is 203 g/mol. The molecule has 15 heavy (non-hydrogen) atoms. The Morgan fingerprint density at radius 1 is 1.20 bits per heavy atom. The Labute approximate surface area is 90.9 Å². The lowest BCUT2D eigenvalue weighted by atomic mass is 10.1. The number of rotatable bonds is 1. The van der Waals surface area contributed by atoms with E-state index in [2.05, 4.69) is 36.9 Å². The fourth-order valence-electron chi connectivity index (χ4n) is 1.98. The van der Waals surface area contributed by atoms with Crippen LogP contribution in [0.4, 0.5) is 5.69 Å². The van der Waals surface area contributed by atoms with Crippen LogP contribution in [-0.2, 0) is 4.79 Å². The van der Waals surface area contributed by atoms with E-state index in [4.69, 9.17) is 0 Å². The summed E-state index contributed by atoms with van der Waals surface area (Å²) in [6.45, 7) is 5.82. The maximum Gasteiger partial charge on any atom is 0.152 e. The molecule has 80 valence electrons. The van der Waals surface area contributed by atoms with Gasteiger partial charge in [-0.3, -0.25) is 4.79 Å². The Balaban J connectivity index is 2.21. The summed E-state index contributed by atoms with van der Waals surface area (Å²) in [7, 11) is 0. The molecule has 1 heterocycles. The molecular formula is C13H17NO. The van der Waals surface area contributed by atoms with Gasteiger partial charge in [0, 0.05) is 18.7 Å². The fourth-order valence-corrected chi connectivity index (χ4v) is 1.98. The van der Waals surface area contributed by atoms with Crippen molar-refractivity contribution in [2.24, 2.45) is 0 Å². The van der Waals surface area contributed by atoms with Gasteiger partial charge in [0.1, 0.15) is 0 Å². The van der Waals surface area contributed by atoms with Crippen LogP contribution in [0.1, 0.15) is 24.0 Å². The van der Waals surface area contributed by atoms with Gasteiger partial charge in [0.05, 0.1) is 6.54 Å². The number of carbonyl (C=O) groups excluding carboxylic acids is 1. The SMILES string of the molecule is Cc1ccc(N2CCCC(=O)C2)cc1C. The first-order chi connectivity index (χ1) is 7.16. The first-order valence-electron chi connectivity index (χ1n) is 5.51. The van der Waals surface area contributed by atoms with Crippen LogP contribution >= 0.6 is 0 Å². The maximum absolute atomic E-state index is 11.4. The number of anilines is 1. The molecule has 0 saturated carbocycles. The third kappa shape index (κ3) is 2.20. The van der Waals surface area contributed by atoms with Gasteiger partial charge < -0.3 is 4.90 Å². The van der Waals surface area contributed by atoms with E-state index in [1.165, 1.54) is 16.8 Å². The lowest BCUT2D eigenvalue weighted by molar-refractivity contribution is -0.118. The number of nitrogens with zero attached hydrogens (tertiary/aromatic N) is 1. The van der Waals surface area contributed by atoms with Crippen molar-refractivity contribution in [3.63, 3.8) is 0 Å². The molecule has 1 aromatic rings. The van der Waals surface area contributed by atoms with Gasteiger partial charge in [0.15, 0.2) is 5.78 Å². The van der Waals surface area contributed by atoms with Crippen LogP contribution in [0.2, 0.25) is 0 Å². The zero-order valence-corrected chi connectivity index (χ0v) is 9.42. The van der Waals surface area contributed by atoms with Gasteiger partial charge in [0.25, 0.3) is 0 Å². The summed E-state index contributed by atoms with van der Waals surface area (Å²) >= 11 is 0. The van der Waals surface area contributed by atoms with Gasteiger partial charge in [-0.1, -0.05) is 6.07 Å². The molecule has 0 unspecified atom stereocenters. The van der Waals surface area contributed by atoms with Crippen LogP contribution < -0.4 is 4.90 Å². The van der Waals surface area contributed by atoms with Crippen LogP contribution in [0.5, 0.6) is 0 Å². The van der Waals surface area contributed by atoms with Crippen LogP contribution in [0, 0.1) is 13.8 Å². The van der Waals surface area contributed by atoms with Crippen molar-refractivity contribution < 1.29 is 4.79 Å². The molecule has 1 aliphatic heterocycles. The average molecular weight is 203 g/mol. The average Bonchev–Trinajstić information content (AvgIpc) is 2.22. The molecule has 1 fully saturated rings. The van der Waals surface area contributed by atoms with Crippen LogP contribution in [0.3, 0.4) is 0 Å². The van der Waals surface area contributed by atoms with E-state index >= 15 is 0 Å². The second-order valence-electron chi connectivity index (χ2n) is 4.33. The number of hydrogen-bond acceptors (Lipinski definition) is 2. The smallest absolute Gasteiger partial charge is 0.152 e. The van der Waals surface area contributed by atoms with Crippen LogP contribution in [0.15, 0.2) is 18.2 Å². The van der Waals surface area contributed by atoms with Gasteiger partial charge in [-0.05, 0) is 43.5 Å². The van der Waals surface area contributed by atoms with Gasteiger partial charge in [-0.25, -0.2) is 0 Å². The topological polar surface area (TPSA) is 20.3 Å². The number of Topliss-reactive ketones (excluding diaryl/α,β-unsaturated/α-hetero) is 1. The summed E-state index contributed by atoms with van der Waals surface area (Å²) in [5.74, 6) is 0.361. The molecule has 0 spiro atoms. The minimum absolute atomic E-state index is 0.361. The van der Waals surface area contributed by atoms with E-state index in [-0.39, 0.29) is 0 Å². The molecule has 0 N–H and O–H groups in total. The van der Waals surface area contributed by atoms with E-state index < -0.39 is 0 Å². The summed E-state index contributed by atoms with van der Waals surface area (Å²) < 4.78 is 0. The molecule has 1 saturated heterocycles.